The summed E-state index contributed by atoms with van der Waals surface area (Å²) in [5, 5.41) is 16.9. The number of nitrogens with one attached hydrogen (secondary N) is 2. The molecule has 0 unspecified atom stereocenters. The minimum absolute atomic E-state index is 0.0603. The number of unbranched alkanes of at least 4 members (excludes halogenated alkanes) is 6. The van der Waals surface area contributed by atoms with Gasteiger partial charge in [-0.2, -0.15) is 0 Å². The van der Waals surface area contributed by atoms with Crippen LogP contribution in [0.2, 0.25) is 0 Å². The van der Waals surface area contributed by atoms with Gasteiger partial charge >= 0.3 is 0 Å². The summed E-state index contributed by atoms with van der Waals surface area (Å²) in [5.41, 5.74) is 2.76. The third-order valence-corrected chi connectivity index (χ3v) is 4.82. The van der Waals surface area contributed by atoms with E-state index in [4.69, 9.17) is 0 Å². The maximum atomic E-state index is 12.0. The van der Waals surface area contributed by atoms with Gasteiger partial charge in [-0.15, -0.1) is 0 Å². The Balaban J connectivity index is 1.67. The van der Waals surface area contributed by atoms with Crippen LogP contribution in [-0.2, 0) is 11.3 Å². The zero-order valence-electron chi connectivity index (χ0n) is 17.2. The van der Waals surface area contributed by atoms with E-state index in [2.05, 4.69) is 17.6 Å². The number of hydrogen-bond acceptors (Lipinski definition) is 4. The largest absolute Gasteiger partial charge is 0.381 e. The second-order valence-electron chi connectivity index (χ2n) is 7.27. The van der Waals surface area contributed by atoms with Crippen molar-refractivity contribution in [3.05, 3.63) is 64.2 Å². The van der Waals surface area contributed by atoms with E-state index in [1.165, 1.54) is 44.2 Å². The van der Waals surface area contributed by atoms with E-state index in [1.807, 2.05) is 24.3 Å². The fourth-order valence-electron chi connectivity index (χ4n) is 3.08. The first kappa shape index (κ1) is 22.4. The summed E-state index contributed by atoms with van der Waals surface area (Å²) in [5.74, 6) is 0.0603. The lowest BCUT2D eigenvalue weighted by atomic mass is 10.1. The first-order valence-electron chi connectivity index (χ1n) is 10.5. The van der Waals surface area contributed by atoms with Gasteiger partial charge in [-0.05, 0) is 36.2 Å². The summed E-state index contributed by atoms with van der Waals surface area (Å²) in [6, 6.07) is 14.1. The van der Waals surface area contributed by atoms with Crippen molar-refractivity contribution in [2.45, 2.75) is 64.8 Å². The molecule has 0 saturated carbocycles. The van der Waals surface area contributed by atoms with E-state index < -0.39 is 4.92 Å². The Morgan fingerprint density at radius 3 is 2.07 bits per heavy atom. The van der Waals surface area contributed by atoms with Crippen LogP contribution in [0.3, 0.4) is 0 Å². The number of nitrogens with zero attached hydrogens (tertiary/aromatic N) is 1. The second kappa shape index (κ2) is 12.5. The highest BCUT2D eigenvalue weighted by Gasteiger charge is 2.05. The molecule has 2 aromatic carbocycles. The highest BCUT2D eigenvalue weighted by atomic mass is 16.6. The summed E-state index contributed by atoms with van der Waals surface area (Å²) < 4.78 is 0. The third kappa shape index (κ3) is 8.77. The van der Waals surface area contributed by atoms with Crippen LogP contribution in [-0.4, -0.2) is 10.8 Å². The second-order valence-corrected chi connectivity index (χ2v) is 7.27. The van der Waals surface area contributed by atoms with Gasteiger partial charge in [0.25, 0.3) is 5.69 Å². The molecule has 0 heterocycles. The summed E-state index contributed by atoms with van der Waals surface area (Å²) in [4.78, 5) is 22.3. The van der Waals surface area contributed by atoms with Gasteiger partial charge in [0.1, 0.15) is 0 Å². The fraction of sp³-hybridized carbons (Fsp3) is 0.435. The molecular formula is C23H31N3O3. The van der Waals surface area contributed by atoms with E-state index >= 15 is 0 Å². The maximum absolute atomic E-state index is 12.0. The van der Waals surface area contributed by atoms with Crippen molar-refractivity contribution < 1.29 is 9.72 Å². The maximum Gasteiger partial charge on any atom is 0.269 e. The lowest BCUT2D eigenvalue weighted by Crippen LogP contribution is -2.11. The average Bonchev–Trinajstić information content (AvgIpc) is 2.73. The van der Waals surface area contributed by atoms with Crippen molar-refractivity contribution in [1.82, 2.24) is 0 Å². The molecule has 0 fully saturated rings. The Kier molecular flexibility index (Phi) is 9.69. The molecule has 29 heavy (non-hydrogen) atoms. The van der Waals surface area contributed by atoms with Gasteiger partial charge in [-0.25, -0.2) is 0 Å². The number of nitro groups is 1. The average molecular weight is 398 g/mol. The molecule has 0 bridgehead atoms. The molecule has 0 atom stereocenters. The summed E-state index contributed by atoms with van der Waals surface area (Å²) in [7, 11) is 0. The third-order valence-electron chi connectivity index (χ3n) is 4.82. The molecule has 1 amide bonds. The Hall–Kier alpha value is -2.89. The number of rotatable bonds is 13. The lowest BCUT2D eigenvalue weighted by Gasteiger charge is -2.09. The molecule has 0 aliphatic rings. The SMILES string of the molecule is CCCCCCCCCC(=O)Nc1ccc(NCc2ccc([N+](=O)[O-])cc2)cc1. The van der Waals surface area contributed by atoms with Gasteiger partial charge in [-0.1, -0.05) is 57.6 Å². The van der Waals surface area contributed by atoms with Gasteiger partial charge in [0.2, 0.25) is 5.91 Å². The van der Waals surface area contributed by atoms with E-state index in [9.17, 15) is 14.9 Å². The van der Waals surface area contributed by atoms with Gasteiger partial charge in [0, 0.05) is 36.5 Å². The Bertz CT molecular complexity index is 758. The van der Waals surface area contributed by atoms with Crippen LogP contribution in [0.1, 0.15) is 63.9 Å². The first-order chi connectivity index (χ1) is 14.1. The molecule has 0 radical (unpaired) electrons. The topological polar surface area (TPSA) is 84.3 Å². The Labute approximate surface area is 172 Å². The number of anilines is 2. The highest BCUT2D eigenvalue weighted by Crippen LogP contribution is 2.17. The molecule has 0 spiro atoms. The van der Waals surface area contributed by atoms with Gasteiger partial charge in [-0.3, -0.25) is 14.9 Å². The zero-order chi connectivity index (χ0) is 20.9. The molecule has 2 aromatic rings. The summed E-state index contributed by atoms with van der Waals surface area (Å²) in [6.07, 6.45) is 8.95. The Morgan fingerprint density at radius 2 is 1.45 bits per heavy atom. The number of nitro benzene ring substituents is 1. The van der Waals surface area contributed by atoms with E-state index in [0.29, 0.717) is 13.0 Å². The standard InChI is InChI=1S/C23H31N3O3/c1-2-3-4-5-6-7-8-9-23(27)25-21-14-12-20(13-15-21)24-18-19-10-16-22(17-11-19)26(28)29/h10-17,24H,2-9,18H2,1H3,(H,25,27). The number of carbonyl (C=O) groups is 1. The number of amides is 1. The molecule has 156 valence electrons. The van der Waals surface area contributed by atoms with Gasteiger partial charge in [0.05, 0.1) is 4.92 Å². The van der Waals surface area contributed by atoms with Gasteiger partial charge < -0.3 is 10.6 Å². The van der Waals surface area contributed by atoms with Crippen LogP contribution in [0.15, 0.2) is 48.5 Å². The Morgan fingerprint density at radius 1 is 0.862 bits per heavy atom. The monoisotopic (exact) mass is 397 g/mol. The van der Waals surface area contributed by atoms with Crippen LogP contribution in [0.25, 0.3) is 0 Å². The number of carbonyl (C=O) groups excluding carboxylic acids is 1. The quantitative estimate of drug-likeness (QED) is 0.236. The molecule has 0 aliphatic heterocycles. The fourth-order valence-corrected chi connectivity index (χ4v) is 3.08. The molecule has 0 aromatic heterocycles. The molecular weight excluding hydrogens is 366 g/mol. The van der Waals surface area contributed by atoms with Crippen molar-refractivity contribution >= 4 is 23.0 Å². The highest BCUT2D eigenvalue weighted by molar-refractivity contribution is 5.90. The molecule has 6 nitrogen and oxygen atoms in total. The molecule has 0 aliphatic carbocycles. The van der Waals surface area contributed by atoms with Crippen LogP contribution >= 0.6 is 0 Å². The van der Waals surface area contributed by atoms with E-state index in [0.717, 1.165) is 29.8 Å². The minimum atomic E-state index is -0.405. The molecule has 0 saturated heterocycles. The lowest BCUT2D eigenvalue weighted by molar-refractivity contribution is -0.384. The predicted molar refractivity (Wildman–Crippen MR) is 118 cm³/mol. The summed E-state index contributed by atoms with van der Waals surface area (Å²) >= 11 is 0. The van der Waals surface area contributed by atoms with E-state index in [1.54, 1.807) is 12.1 Å². The number of hydrogen-bond donors (Lipinski definition) is 2. The van der Waals surface area contributed by atoms with E-state index in [-0.39, 0.29) is 11.6 Å². The minimum Gasteiger partial charge on any atom is -0.381 e. The first-order valence-corrected chi connectivity index (χ1v) is 10.5. The van der Waals surface area contributed by atoms with Crippen molar-refractivity contribution in [3.8, 4) is 0 Å². The van der Waals surface area contributed by atoms with Crippen molar-refractivity contribution in [1.29, 1.82) is 0 Å². The molecule has 2 N–H and O–H groups in total. The zero-order valence-corrected chi connectivity index (χ0v) is 17.2. The van der Waals surface area contributed by atoms with Crippen molar-refractivity contribution in [2.24, 2.45) is 0 Å². The number of non-ortho nitro benzene ring substituents is 1. The van der Waals surface area contributed by atoms with Gasteiger partial charge in [0.15, 0.2) is 0 Å². The predicted octanol–water partition coefficient (Wildman–Crippen LogP) is 6.29. The van der Waals surface area contributed by atoms with Crippen molar-refractivity contribution in [3.63, 3.8) is 0 Å². The summed E-state index contributed by atoms with van der Waals surface area (Å²) in [6.45, 7) is 2.79. The number of benzene rings is 2. The molecule has 6 heteroatoms. The molecule has 2 rings (SSSR count). The van der Waals surface area contributed by atoms with Crippen LogP contribution in [0, 0.1) is 10.1 Å². The van der Waals surface area contributed by atoms with Crippen molar-refractivity contribution in [2.75, 3.05) is 10.6 Å². The normalized spacial score (nSPS) is 10.5. The van der Waals surface area contributed by atoms with Crippen LogP contribution in [0.4, 0.5) is 17.1 Å². The van der Waals surface area contributed by atoms with Crippen LogP contribution < -0.4 is 10.6 Å². The smallest absolute Gasteiger partial charge is 0.269 e. The van der Waals surface area contributed by atoms with Crippen LogP contribution in [0.5, 0.6) is 0 Å².